The zero-order valence-corrected chi connectivity index (χ0v) is 12.6. The predicted molar refractivity (Wildman–Crippen MR) is 83.4 cm³/mol. The highest BCUT2D eigenvalue weighted by atomic mass is 16.6. The van der Waals surface area contributed by atoms with Crippen LogP contribution in [0.25, 0.3) is 10.9 Å². The van der Waals surface area contributed by atoms with Crippen molar-refractivity contribution in [2.75, 3.05) is 6.54 Å². The molecule has 1 aromatic carbocycles. The molecule has 0 fully saturated rings. The first-order valence-electron chi connectivity index (χ1n) is 8.07. The van der Waals surface area contributed by atoms with Gasteiger partial charge in [0.05, 0.1) is 5.69 Å². The van der Waals surface area contributed by atoms with Gasteiger partial charge in [0.1, 0.15) is 0 Å². The summed E-state index contributed by atoms with van der Waals surface area (Å²) in [6, 6.07) is 8.06. The first-order chi connectivity index (χ1) is 11.2. The minimum Gasteiger partial charge on any atom is -0.432 e. The summed E-state index contributed by atoms with van der Waals surface area (Å²) in [7, 11) is 0. The van der Waals surface area contributed by atoms with Gasteiger partial charge in [-0.1, -0.05) is 18.2 Å². The number of aromatic nitrogens is 1. The maximum atomic E-state index is 12.9. The normalized spacial score (nSPS) is 23.5. The van der Waals surface area contributed by atoms with E-state index in [1.807, 2.05) is 18.2 Å². The van der Waals surface area contributed by atoms with Crippen LogP contribution in [0.3, 0.4) is 0 Å². The molecule has 2 aromatic rings. The topological polar surface area (TPSA) is 62.4 Å². The number of nitrogens with one attached hydrogen (secondary N) is 1. The lowest BCUT2D eigenvalue weighted by Crippen LogP contribution is -2.41. The van der Waals surface area contributed by atoms with Crippen LogP contribution in [0.15, 0.2) is 35.4 Å². The Bertz CT molecular complexity index is 893. The predicted octanol–water partition coefficient (Wildman–Crippen LogP) is 2.59. The lowest BCUT2D eigenvalue weighted by atomic mass is 10.0. The summed E-state index contributed by atoms with van der Waals surface area (Å²) < 4.78 is 5.73. The molecule has 5 heteroatoms. The molecule has 23 heavy (non-hydrogen) atoms. The monoisotopic (exact) mass is 308 g/mol. The molecule has 0 saturated heterocycles. The average Bonchev–Trinajstić information content (AvgIpc) is 3.17. The third kappa shape index (κ3) is 1.67. The number of H-pyrrole nitrogens is 1. The van der Waals surface area contributed by atoms with Gasteiger partial charge in [-0.2, -0.15) is 0 Å². The Hall–Kier alpha value is -2.56. The zero-order valence-electron chi connectivity index (χ0n) is 12.6. The van der Waals surface area contributed by atoms with Crippen molar-refractivity contribution < 1.29 is 14.3 Å². The summed E-state index contributed by atoms with van der Waals surface area (Å²) >= 11 is 0. The van der Waals surface area contributed by atoms with Crippen LogP contribution in [-0.4, -0.2) is 28.3 Å². The van der Waals surface area contributed by atoms with Crippen LogP contribution >= 0.6 is 0 Å². The largest absolute Gasteiger partial charge is 0.432 e. The molecule has 1 atom stereocenters. The number of esters is 1. The molecule has 0 bridgehead atoms. The fourth-order valence-corrected chi connectivity index (χ4v) is 4.09. The molecular weight excluding hydrogens is 292 g/mol. The number of aromatic amines is 1. The van der Waals surface area contributed by atoms with Crippen molar-refractivity contribution in [3.05, 3.63) is 46.7 Å². The number of para-hydroxylation sites is 1. The number of hydrogen-bond acceptors (Lipinski definition) is 3. The van der Waals surface area contributed by atoms with Gasteiger partial charge in [0, 0.05) is 28.6 Å². The summed E-state index contributed by atoms with van der Waals surface area (Å²) in [5.41, 5.74) is 4.27. The number of carbonyl (C=O) groups is 2. The van der Waals surface area contributed by atoms with Crippen LogP contribution in [0, 0.1) is 0 Å². The molecule has 5 nitrogen and oxygen atoms in total. The second-order valence-electron chi connectivity index (χ2n) is 6.38. The first kappa shape index (κ1) is 12.9. The molecule has 0 spiro atoms. The lowest BCUT2D eigenvalue weighted by Gasteiger charge is -2.33. The third-order valence-electron chi connectivity index (χ3n) is 5.18. The maximum Gasteiger partial charge on any atom is 0.336 e. The molecule has 5 rings (SSSR count). The fraction of sp³-hybridized carbons (Fsp3) is 0.333. The van der Waals surface area contributed by atoms with Gasteiger partial charge in [0.25, 0.3) is 5.91 Å². The molecule has 3 aliphatic rings. The highest BCUT2D eigenvalue weighted by molar-refractivity contribution is 6.05. The van der Waals surface area contributed by atoms with Crippen LogP contribution < -0.4 is 0 Å². The summed E-state index contributed by atoms with van der Waals surface area (Å²) in [5.74, 6) is -0.359. The van der Waals surface area contributed by atoms with Crippen molar-refractivity contribution in [2.24, 2.45) is 0 Å². The Morgan fingerprint density at radius 2 is 1.91 bits per heavy atom. The van der Waals surface area contributed by atoms with Crippen LogP contribution in [0.4, 0.5) is 0 Å². The van der Waals surface area contributed by atoms with E-state index in [-0.39, 0.29) is 11.9 Å². The average molecular weight is 308 g/mol. The summed E-state index contributed by atoms with van der Waals surface area (Å²) in [4.78, 5) is 30.4. The van der Waals surface area contributed by atoms with Gasteiger partial charge >= 0.3 is 5.97 Å². The molecule has 1 aliphatic carbocycles. The van der Waals surface area contributed by atoms with Crippen molar-refractivity contribution in [3.63, 3.8) is 0 Å². The lowest BCUT2D eigenvalue weighted by molar-refractivity contribution is -0.160. The molecule has 0 saturated carbocycles. The molecule has 116 valence electrons. The van der Waals surface area contributed by atoms with Gasteiger partial charge in [-0.25, -0.2) is 4.79 Å². The van der Waals surface area contributed by atoms with E-state index in [4.69, 9.17) is 4.74 Å². The summed E-state index contributed by atoms with van der Waals surface area (Å²) in [5, 5.41) is 1.15. The van der Waals surface area contributed by atoms with Gasteiger partial charge in [-0.05, 0) is 37.3 Å². The number of rotatable bonds is 0. The van der Waals surface area contributed by atoms with Gasteiger partial charge in [-0.15, -0.1) is 0 Å². The SMILES string of the molecule is O=C1O[C@@H]2c3[nH]c4ccccc4c3CCN2C(=O)C2=C1CCC2. The smallest absolute Gasteiger partial charge is 0.336 e. The van der Waals surface area contributed by atoms with Crippen LogP contribution in [0.2, 0.25) is 0 Å². The van der Waals surface area contributed by atoms with Crippen molar-refractivity contribution >= 4 is 22.8 Å². The van der Waals surface area contributed by atoms with E-state index in [9.17, 15) is 9.59 Å². The molecule has 3 heterocycles. The third-order valence-corrected chi connectivity index (χ3v) is 5.18. The van der Waals surface area contributed by atoms with E-state index in [0.717, 1.165) is 35.0 Å². The minimum absolute atomic E-state index is 0.0299. The Kier molecular flexibility index (Phi) is 2.52. The van der Waals surface area contributed by atoms with Crippen molar-refractivity contribution in [1.82, 2.24) is 9.88 Å². The molecule has 1 aromatic heterocycles. The quantitative estimate of drug-likeness (QED) is 0.761. The van der Waals surface area contributed by atoms with E-state index in [1.165, 1.54) is 0 Å². The van der Waals surface area contributed by atoms with Crippen LogP contribution in [0.5, 0.6) is 0 Å². The van der Waals surface area contributed by atoms with Crippen molar-refractivity contribution in [2.45, 2.75) is 31.9 Å². The molecule has 1 N–H and O–H groups in total. The second kappa shape index (κ2) is 4.47. The van der Waals surface area contributed by atoms with Gasteiger partial charge in [-0.3, -0.25) is 9.69 Å². The molecule has 2 aliphatic heterocycles. The van der Waals surface area contributed by atoms with Crippen LogP contribution in [0.1, 0.15) is 36.7 Å². The molecule has 0 radical (unpaired) electrons. The number of ether oxygens (including phenoxy) is 1. The molecule has 0 unspecified atom stereocenters. The van der Waals surface area contributed by atoms with E-state index in [1.54, 1.807) is 4.90 Å². The second-order valence-corrected chi connectivity index (χ2v) is 6.38. The highest BCUT2D eigenvalue weighted by Gasteiger charge is 2.42. The van der Waals surface area contributed by atoms with Gasteiger partial charge in [0.2, 0.25) is 6.23 Å². The maximum absolute atomic E-state index is 12.9. The van der Waals surface area contributed by atoms with Crippen LogP contribution in [-0.2, 0) is 20.7 Å². The Morgan fingerprint density at radius 1 is 1.09 bits per heavy atom. The summed E-state index contributed by atoms with van der Waals surface area (Å²) in [6.07, 6.45) is 2.35. The number of fused-ring (bicyclic) bond motifs is 5. The van der Waals surface area contributed by atoms with Gasteiger partial charge < -0.3 is 9.72 Å². The Morgan fingerprint density at radius 3 is 2.83 bits per heavy atom. The van der Waals surface area contributed by atoms with Gasteiger partial charge in [0.15, 0.2) is 0 Å². The Labute approximate surface area is 132 Å². The number of nitrogens with zero attached hydrogens (tertiary/aromatic N) is 1. The van der Waals surface area contributed by atoms with E-state index >= 15 is 0 Å². The Balaban J connectivity index is 1.66. The first-order valence-corrected chi connectivity index (χ1v) is 8.07. The number of benzene rings is 1. The van der Waals surface area contributed by atoms with E-state index < -0.39 is 6.23 Å². The van der Waals surface area contributed by atoms with Crippen molar-refractivity contribution in [1.29, 1.82) is 0 Å². The fourth-order valence-electron chi connectivity index (χ4n) is 4.09. The number of hydrogen-bond donors (Lipinski definition) is 1. The highest BCUT2D eigenvalue weighted by Crippen LogP contribution is 2.41. The summed E-state index contributed by atoms with van der Waals surface area (Å²) in [6.45, 7) is 0.586. The molecule has 1 amide bonds. The van der Waals surface area contributed by atoms with E-state index in [0.29, 0.717) is 30.5 Å². The minimum atomic E-state index is -0.628. The zero-order chi connectivity index (χ0) is 15.6. The van der Waals surface area contributed by atoms with E-state index in [2.05, 4.69) is 11.1 Å². The molecular formula is C18H16N2O3. The number of carbonyl (C=O) groups excluding carboxylic acids is 2. The van der Waals surface area contributed by atoms with Crippen molar-refractivity contribution in [3.8, 4) is 0 Å². The number of amides is 1. The standard InChI is InChI=1S/C18H16N2O3/c21-16-12-5-3-6-13(12)18(22)23-17-15-11(8-9-20(16)17)10-4-1-2-7-14(10)19-15/h1-2,4,7,17,19H,3,5-6,8-9H2/t17-/m1/s1.